The van der Waals surface area contributed by atoms with Gasteiger partial charge in [0.25, 0.3) is 0 Å². The van der Waals surface area contributed by atoms with E-state index in [-0.39, 0.29) is 5.75 Å². The first-order chi connectivity index (χ1) is 12.8. The molecule has 0 aliphatic carbocycles. The van der Waals surface area contributed by atoms with Gasteiger partial charge in [0, 0.05) is 11.3 Å². The Balaban J connectivity index is 1.76. The van der Waals surface area contributed by atoms with Crippen molar-refractivity contribution >= 4 is 28.7 Å². The van der Waals surface area contributed by atoms with Crippen molar-refractivity contribution in [2.75, 3.05) is 5.32 Å². The van der Waals surface area contributed by atoms with Crippen LogP contribution in [0.1, 0.15) is 37.5 Å². The number of benzene rings is 2. The van der Waals surface area contributed by atoms with Crippen molar-refractivity contribution in [1.29, 1.82) is 0 Å². The van der Waals surface area contributed by atoms with Gasteiger partial charge in [-0.3, -0.25) is 10.9 Å². The first-order valence-electron chi connectivity index (χ1n) is 8.96. The lowest BCUT2D eigenvalue weighted by atomic mass is 9.99. The molecule has 0 radical (unpaired) electrons. The third-order valence-electron chi connectivity index (χ3n) is 4.41. The number of nitrogens with one attached hydrogen (secondary N) is 3. The molecular formula is C21H25N3O2S. The second kappa shape index (κ2) is 7.48. The molecule has 0 fully saturated rings. The predicted octanol–water partition coefficient (Wildman–Crippen LogP) is 4.27. The van der Waals surface area contributed by atoms with Gasteiger partial charge in [-0.05, 0) is 74.8 Å². The van der Waals surface area contributed by atoms with E-state index in [4.69, 9.17) is 17.0 Å². The second-order valence-electron chi connectivity index (χ2n) is 7.11. The molecule has 1 aliphatic rings. The number of phenols is 1. The number of fused-ring (bicyclic) bond motifs is 1. The van der Waals surface area contributed by atoms with Gasteiger partial charge in [-0.25, -0.2) is 0 Å². The van der Waals surface area contributed by atoms with Crippen molar-refractivity contribution in [3.63, 3.8) is 0 Å². The minimum atomic E-state index is -0.478. The van der Waals surface area contributed by atoms with Crippen molar-refractivity contribution in [2.45, 2.75) is 39.7 Å². The number of aryl methyl sites for hydroxylation is 2. The highest BCUT2D eigenvalue weighted by Crippen LogP contribution is 2.36. The molecule has 4 N–H and O–H groups in total. The number of ether oxygens (including phenoxy) is 1. The molecule has 0 amide bonds. The standard InChI is InChI=1S/C21H25N3O2S/c1-5-14-8-6-7-13(2)19(14)22-20(27)24-23-17-12-21(3,4)26-18-10-9-15(25)11-16(17)18/h6-12,23,25H,5H2,1-4H3,(H2,22,24,27). The van der Waals surface area contributed by atoms with Gasteiger partial charge in [-0.2, -0.15) is 0 Å². The highest BCUT2D eigenvalue weighted by atomic mass is 32.1. The number of para-hydroxylation sites is 1. The number of rotatable bonds is 4. The van der Waals surface area contributed by atoms with Crippen molar-refractivity contribution in [1.82, 2.24) is 10.9 Å². The van der Waals surface area contributed by atoms with Crippen molar-refractivity contribution in [2.24, 2.45) is 0 Å². The van der Waals surface area contributed by atoms with Gasteiger partial charge in [0.15, 0.2) is 5.11 Å². The molecule has 1 aliphatic heterocycles. The Bertz CT molecular complexity index is 906. The van der Waals surface area contributed by atoms with E-state index >= 15 is 0 Å². The smallest absolute Gasteiger partial charge is 0.189 e. The number of anilines is 1. The molecule has 0 aromatic heterocycles. The second-order valence-corrected chi connectivity index (χ2v) is 7.52. The molecule has 2 aromatic carbocycles. The minimum Gasteiger partial charge on any atom is -0.508 e. The summed E-state index contributed by atoms with van der Waals surface area (Å²) in [4.78, 5) is 0. The highest BCUT2D eigenvalue weighted by molar-refractivity contribution is 7.80. The average Bonchev–Trinajstić information content (AvgIpc) is 2.61. The molecule has 0 saturated carbocycles. The Morgan fingerprint density at radius 2 is 2.00 bits per heavy atom. The molecule has 0 bridgehead atoms. The molecular weight excluding hydrogens is 358 g/mol. The molecule has 27 heavy (non-hydrogen) atoms. The number of aromatic hydroxyl groups is 1. The molecule has 0 unspecified atom stereocenters. The van der Waals surface area contributed by atoms with Crippen molar-refractivity contribution in [3.8, 4) is 11.5 Å². The molecule has 1 heterocycles. The maximum Gasteiger partial charge on any atom is 0.189 e. The quantitative estimate of drug-likeness (QED) is 0.467. The van der Waals surface area contributed by atoms with Crippen LogP contribution < -0.4 is 20.9 Å². The fourth-order valence-corrected chi connectivity index (χ4v) is 3.28. The van der Waals surface area contributed by atoms with Crippen LogP contribution in [0.2, 0.25) is 0 Å². The van der Waals surface area contributed by atoms with Crippen LogP contribution in [0, 0.1) is 6.92 Å². The SMILES string of the molecule is CCc1cccc(C)c1NC(=S)NNC1=CC(C)(C)Oc2ccc(O)cc21. The van der Waals surface area contributed by atoms with E-state index < -0.39 is 5.60 Å². The molecule has 142 valence electrons. The first kappa shape index (κ1) is 19.0. The topological polar surface area (TPSA) is 65.5 Å². The minimum absolute atomic E-state index is 0.179. The Labute approximate surface area is 165 Å². The maximum atomic E-state index is 9.83. The number of hydrazine groups is 1. The number of thiocarbonyl (C=S) groups is 1. The van der Waals surface area contributed by atoms with Crippen LogP contribution in [0.5, 0.6) is 11.5 Å². The summed E-state index contributed by atoms with van der Waals surface area (Å²) in [6, 6.07) is 11.2. The molecule has 6 heteroatoms. The van der Waals surface area contributed by atoms with Crippen molar-refractivity contribution in [3.05, 3.63) is 59.2 Å². The molecule has 3 rings (SSSR count). The summed E-state index contributed by atoms with van der Waals surface area (Å²) in [6.45, 7) is 8.12. The molecule has 0 atom stereocenters. The van der Waals surface area contributed by atoms with E-state index in [1.54, 1.807) is 18.2 Å². The van der Waals surface area contributed by atoms with E-state index in [1.807, 2.05) is 26.0 Å². The summed E-state index contributed by atoms with van der Waals surface area (Å²) in [7, 11) is 0. The van der Waals surface area contributed by atoms with E-state index in [0.29, 0.717) is 10.9 Å². The van der Waals surface area contributed by atoms with Crippen LogP contribution in [0.25, 0.3) is 5.70 Å². The van der Waals surface area contributed by atoms with E-state index in [9.17, 15) is 5.11 Å². The molecule has 0 saturated heterocycles. The molecule has 5 nitrogen and oxygen atoms in total. The highest BCUT2D eigenvalue weighted by Gasteiger charge is 2.27. The van der Waals surface area contributed by atoms with Crippen LogP contribution >= 0.6 is 12.2 Å². The zero-order valence-corrected chi connectivity index (χ0v) is 16.8. The number of hydrogen-bond donors (Lipinski definition) is 4. The van der Waals surface area contributed by atoms with Gasteiger partial charge in [0.1, 0.15) is 17.1 Å². The summed E-state index contributed by atoms with van der Waals surface area (Å²) >= 11 is 5.46. The summed E-state index contributed by atoms with van der Waals surface area (Å²) in [5, 5.41) is 13.6. The lowest BCUT2D eigenvalue weighted by Gasteiger charge is -2.31. The monoisotopic (exact) mass is 383 g/mol. The molecule has 2 aromatic rings. The fraction of sp³-hybridized carbons (Fsp3) is 0.286. The lowest BCUT2D eigenvalue weighted by molar-refractivity contribution is 0.157. The normalized spacial score (nSPS) is 14.4. The van der Waals surface area contributed by atoms with Crippen LogP contribution in [0.4, 0.5) is 5.69 Å². The Morgan fingerprint density at radius 3 is 2.74 bits per heavy atom. The van der Waals surface area contributed by atoms with E-state index in [1.165, 1.54) is 5.56 Å². The van der Waals surface area contributed by atoms with E-state index in [2.05, 4.69) is 42.1 Å². The fourth-order valence-electron chi connectivity index (χ4n) is 3.13. The van der Waals surface area contributed by atoms with Crippen LogP contribution in [0.15, 0.2) is 42.5 Å². The third kappa shape index (κ3) is 4.34. The Kier molecular flexibility index (Phi) is 5.28. The Hall–Kier alpha value is -2.73. The lowest BCUT2D eigenvalue weighted by Crippen LogP contribution is -2.41. The van der Waals surface area contributed by atoms with Gasteiger partial charge in [0.2, 0.25) is 0 Å². The zero-order valence-electron chi connectivity index (χ0n) is 16.0. The predicted molar refractivity (Wildman–Crippen MR) is 114 cm³/mol. The van der Waals surface area contributed by atoms with Crippen molar-refractivity contribution < 1.29 is 9.84 Å². The van der Waals surface area contributed by atoms with Gasteiger partial charge >= 0.3 is 0 Å². The number of hydrogen-bond acceptors (Lipinski definition) is 4. The summed E-state index contributed by atoms with van der Waals surface area (Å²) in [5.41, 5.74) is 10.7. The Morgan fingerprint density at radius 1 is 1.22 bits per heavy atom. The third-order valence-corrected chi connectivity index (χ3v) is 4.61. The van der Waals surface area contributed by atoms with Crippen LogP contribution in [-0.2, 0) is 6.42 Å². The van der Waals surface area contributed by atoms with Crippen LogP contribution in [0.3, 0.4) is 0 Å². The average molecular weight is 384 g/mol. The van der Waals surface area contributed by atoms with Gasteiger partial charge in [0.05, 0.1) is 5.70 Å². The first-order valence-corrected chi connectivity index (χ1v) is 9.36. The number of phenolic OH excluding ortho intramolecular Hbond substituents is 1. The van der Waals surface area contributed by atoms with E-state index in [0.717, 1.165) is 28.9 Å². The summed E-state index contributed by atoms with van der Waals surface area (Å²) in [6.07, 6.45) is 2.87. The molecule has 0 spiro atoms. The maximum absolute atomic E-state index is 9.83. The summed E-state index contributed by atoms with van der Waals surface area (Å²) in [5.74, 6) is 0.883. The van der Waals surface area contributed by atoms with Crippen LogP contribution in [-0.4, -0.2) is 15.8 Å². The van der Waals surface area contributed by atoms with Gasteiger partial charge in [-0.15, -0.1) is 0 Å². The van der Waals surface area contributed by atoms with Gasteiger partial charge in [-0.1, -0.05) is 25.1 Å². The van der Waals surface area contributed by atoms with Gasteiger partial charge < -0.3 is 15.2 Å². The zero-order chi connectivity index (χ0) is 19.6. The largest absolute Gasteiger partial charge is 0.508 e. The summed E-state index contributed by atoms with van der Waals surface area (Å²) < 4.78 is 5.95.